The van der Waals surface area contributed by atoms with Gasteiger partial charge in [0.05, 0.1) is 25.4 Å². The highest BCUT2D eigenvalue weighted by atomic mass is 16.7. The third-order valence-electron chi connectivity index (χ3n) is 7.46. The number of nitrogens with one attached hydrogen (secondary N) is 1. The number of hydrogen-bond donors (Lipinski definition) is 6. The van der Waals surface area contributed by atoms with Gasteiger partial charge in [0, 0.05) is 6.42 Å². The molecule has 1 aliphatic heterocycles. The number of aliphatic hydroxyl groups excluding tert-OH is 5. The molecule has 1 saturated heterocycles. The van der Waals surface area contributed by atoms with Gasteiger partial charge < -0.3 is 40.3 Å². The summed E-state index contributed by atoms with van der Waals surface area (Å²) in [6.45, 7) is 3.56. The number of carbonyl (C=O) groups excluding carboxylic acids is 1. The maximum atomic E-state index is 12.7. The Balaban J connectivity index is 2.45. The quantitative estimate of drug-likeness (QED) is 0.0716. The number of ether oxygens (including phenoxy) is 2. The van der Waals surface area contributed by atoms with Crippen molar-refractivity contribution in [3.05, 3.63) is 36.5 Å². The summed E-state index contributed by atoms with van der Waals surface area (Å²) in [6.07, 6.45) is 19.4. The molecular weight excluding hydrogens is 538 g/mol. The Labute approximate surface area is 253 Å². The Morgan fingerprint density at radius 3 is 2.12 bits per heavy atom. The zero-order valence-corrected chi connectivity index (χ0v) is 26.0. The van der Waals surface area contributed by atoms with Crippen molar-refractivity contribution in [3.8, 4) is 0 Å². The Kier molecular flexibility index (Phi) is 22.7. The van der Waals surface area contributed by atoms with Crippen LogP contribution in [0, 0.1) is 0 Å². The molecule has 1 heterocycles. The van der Waals surface area contributed by atoms with Crippen LogP contribution in [0.15, 0.2) is 36.5 Å². The second kappa shape index (κ2) is 24.8. The normalized spacial score (nSPS) is 24.6. The highest BCUT2D eigenvalue weighted by Crippen LogP contribution is 2.22. The fourth-order valence-corrected chi connectivity index (χ4v) is 4.70. The van der Waals surface area contributed by atoms with E-state index in [0.717, 1.165) is 77.0 Å². The number of unbranched alkanes of at least 4 members (excludes halogenated alkanes) is 10. The van der Waals surface area contributed by atoms with Gasteiger partial charge in [0.25, 0.3) is 0 Å². The van der Waals surface area contributed by atoms with E-state index in [0.29, 0.717) is 6.42 Å². The maximum absolute atomic E-state index is 12.7. The van der Waals surface area contributed by atoms with Crippen LogP contribution >= 0.6 is 0 Å². The van der Waals surface area contributed by atoms with E-state index in [2.05, 4.69) is 43.5 Å². The van der Waals surface area contributed by atoms with Gasteiger partial charge in [0.1, 0.15) is 24.4 Å². The number of carbonyl (C=O) groups is 1. The Morgan fingerprint density at radius 1 is 0.810 bits per heavy atom. The second-order valence-corrected chi connectivity index (χ2v) is 11.2. The molecule has 1 rings (SSSR count). The molecule has 1 aliphatic rings. The fourth-order valence-electron chi connectivity index (χ4n) is 4.70. The van der Waals surface area contributed by atoms with Crippen LogP contribution in [0.3, 0.4) is 0 Å². The van der Waals surface area contributed by atoms with Crippen LogP contribution in [0.4, 0.5) is 0 Å². The van der Waals surface area contributed by atoms with E-state index in [1.165, 1.54) is 12.8 Å². The van der Waals surface area contributed by atoms with Crippen molar-refractivity contribution in [3.63, 3.8) is 0 Å². The van der Waals surface area contributed by atoms with Crippen molar-refractivity contribution in [1.29, 1.82) is 0 Å². The van der Waals surface area contributed by atoms with Gasteiger partial charge in [-0.3, -0.25) is 4.79 Å². The fraction of sp³-hybridized carbons (Fsp3) is 0.788. The zero-order valence-electron chi connectivity index (χ0n) is 26.0. The number of aliphatic hydroxyl groups is 5. The minimum Gasteiger partial charge on any atom is -0.394 e. The Bertz CT molecular complexity index is 756. The van der Waals surface area contributed by atoms with E-state index in [1.807, 2.05) is 6.08 Å². The third-order valence-corrected chi connectivity index (χ3v) is 7.46. The summed E-state index contributed by atoms with van der Waals surface area (Å²) >= 11 is 0. The van der Waals surface area contributed by atoms with Gasteiger partial charge in [0.15, 0.2) is 6.29 Å². The first-order valence-corrected chi connectivity index (χ1v) is 16.2. The predicted octanol–water partition coefficient (Wildman–Crippen LogP) is 4.21. The SMILES string of the molecule is CCCC/C=C\C/C=C\CCCCCCCC(=O)NC(COC1OC(CO)C(O)C(O)C1O)C(O)/C=C/CCCCC. The summed E-state index contributed by atoms with van der Waals surface area (Å²) in [5, 5.41) is 53.3. The first-order chi connectivity index (χ1) is 20.3. The largest absolute Gasteiger partial charge is 0.394 e. The van der Waals surface area contributed by atoms with Crippen molar-refractivity contribution in [2.24, 2.45) is 0 Å². The van der Waals surface area contributed by atoms with Crippen LogP contribution in [-0.4, -0.2) is 87.5 Å². The molecule has 0 radical (unpaired) electrons. The molecule has 0 aromatic heterocycles. The molecule has 9 nitrogen and oxygen atoms in total. The molecule has 0 aromatic carbocycles. The Morgan fingerprint density at radius 2 is 1.43 bits per heavy atom. The van der Waals surface area contributed by atoms with Crippen LogP contribution < -0.4 is 5.32 Å². The third kappa shape index (κ3) is 16.9. The van der Waals surface area contributed by atoms with Crippen molar-refractivity contribution in [2.45, 2.75) is 153 Å². The Hall–Kier alpha value is -1.59. The van der Waals surface area contributed by atoms with Gasteiger partial charge in [-0.25, -0.2) is 0 Å². The van der Waals surface area contributed by atoms with E-state index in [4.69, 9.17) is 9.47 Å². The molecule has 0 saturated carbocycles. The summed E-state index contributed by atoms with van der Waals surface area (Å²) in [6, 6.07) is -0.805. The van der Waals surface area contributed by atoms with Gasteiger partial charge in [-0.2, -0.15) is 0 Å². The topological polar surface area (TPSA) is 149 Å². The molecule has 0 aliphatic carbocycles. The summed E-state index contributed by atoms with van der Waals surface area (Å²) < 4.78 is 11.0. The van der Waals surface area contributed by atoms with Gasteiger partial charge in [-0.05, 0) is 44.9 Å². The van der Waals surface area contributed by atoms with Crippen molar-refractivity contribution in [2.75, 3.05) is 13.2 Å². The van der Waals surface area contributed by atoms with Gasteiger partial charge in [-0.15, -0.1) is 0 Å². The van der Waals surface area contributed by atoms with Gasteiger partial charge in [-0.1, -0.05) is 95.2 Å². The first-order valence-electron chi connectivity index (χ1n) is 16.2. The molecule has 9 heteroatoms. The number of rotatable bonds is 24. The molecule has 0 bridgehead atoms. The maximum Gasteiger partial charge on any atom is 0.220 e. The molecule has 42 heavy (non-hydrogen) atoms. The van der Waals surface area contributed by atoms with E-state index in [9.17, 15) is 30.3 Å². The van der Waals surface area contributed by atoms with Crippen LogP contribution in [0.5, 0.6) is 0 Å². The van der Waals surface area contributed by atoms with Gasteiger partial charge >= 0.3 is 0 Å². The average molecular weight is 598 g/mol. The van der Waals surface area contributed by atoms with Crippen LogP contribution in [0.25, 0.3) is 0 Å². The molecule has 244 valence electrons. The highest BCUT2D eigenvalue weighted by molar-refractivity contribution is 5.76. The molecule has 1 fully saturated rings. The molecule has 7 unspecified atom stereocenters. The van der Waals surface area contributed by atoms with Crippen LogP contribution in [0.2, 0.25) is 0 Å². The second-order valence-electron chi connectivity index (χ2n) is 11.2. The van der Waals surface area contributed by atoms with Crippen molar-refractivity contribution in [1.82, 2.24) is 5.32 Å². The standard InChI is InChI=1S/C33H59NO8/c1-3-5-7-9-10-11-12-13-14-15-16-17-19-21-23-29(37)34-26(27(36)22-20-18-8-6-4-2)25-41-33-32(40)31(39)30(38)28(24-35)42-33/h9-10,12-13,20,22,26-28,30-33,35-36,38-40H,3-8,11,14-19,21,23-25H2,1-2H3,(H,34,37)/b10-9-,13-12-,22-20+. The molecule has 6 N–H and O–H groups in total. The van der Waals surface area contributed by atoms with E-state index in [1.54, 1.807) is 6.08 Å². The first kappa shape index (κ1) is 38.4. The van der Waals surface area contributed by atoms with Gasteiger partial charge in [0.2, 0.25) is 5.91 Å². The summed E-state index contributed by atoms with van der Waals surface area (Å²) in [4.78, 5) is 12.7. The van der Waals surface area contributed by atoms with Crippen molar-refractivity contribution >= 4 is 5.91 Å². The molecule has 0 aromatic rings. The van der Waals surface area contributed by atoms with E-state index < -0.39 is 49.5 Å². The summed E-state index contributed by atoms with van der Waals surface area (Å²) in [5.74, 6) is -0.203. The van der Waals surface area contributed by atoms with Crippen LogP contribution in [-0.2, 0) is 14.3 Å². The summed E-state index contributed by atoms with van der Waals surface area (Å²) in [5.41, 5.74) is 0. The number of amides is 1. The van der Waals surface area contributed by atoms with E-state index in [-0.39, 0.29) is 12.5 Å². The zero-order chi connectivity index (χ0) is 31.0. The monoisotopic (exact) mass is 597 g/mol. The molecular formula is C33H59NO8. The van der Waals surface area contributed by atoms with Crippen LogP contribution in [0.1, 0.15) is 110 Å². The smallest absolute Gasteiger partial charge is 0.220 e. The van der Waals surface area contributed by atoms with Crippen molar-refractivity contribution < 1.29 is 39.8 Å². The lowest BCUT2D eigenvalue weighted by atomic mass is 9.99. The lowest BCUT2D eigenvalue weighted by Crippen LogP contribution is -2.60. The lowest BCUT2D eigenvalue weighted by Gasteiger charge is -2.40. The number of allylic oxidation sites excluding steroid dienone is 5. The lowest BCUT2D eigenvalue weighted by molar-refractivity contribution is -0.302. The molecule has 7 atom stereocenters. The average Bonchev–Trinajstić information content (AvgIpc) is 2.98. The number of hydrogen-bond acceptors (Lipinski definition) is 8. The minimum absolute atomic E-state index is 0.197. The summed E-state index contributed by atoms with van der Waals surface area (Å²) in [7, 11) is 0. The predicted molar refractivity (Wildman–Crippen MR) is 166 cm³/mol. The molecule has 0 spiro atoms. The molecule has 1 amide bonds. The minimum atomic E-state index is -1.56. The van der Waals surface area contributed by atoms with E-state index >= 15 is 0 Å². The highest BCUT2D eigenvalue weighted by Gasteiger charge is 2.44.